The van der Waals surface area contributed by atoms with Gasteiger partial charge in [0.2, 0.25) is 5.91 Å². The molecule has 0 radical (unpaired) electrons. The Morgan fingerprint density at radius 3 is 2.69 bits per heavy atom. The van der Waals surface area contributed by atoms with Gasteiger partial charge in [0, 0.05) is 35.6 Å². The van der Waals surface area contributed by atoms with E-state index in [1.165, 1.54) is 4.90 Å². The van der Waals surface area contributed by atoms with E-state index in [0.29, 0.717) is 11.9 Å². The number of nitrogens with zero attached hydrogens (tertiary/aromatic N) is 2. The molecule has 1 amide bonds. The second-order valence-corrected chi connectivity index (χ2v) is 11.3. The first-order chi connectivity index (χ1) is 13.9. The molecule has 1 N–H and O–H groups in total. The fraction of sp³-hybridized carbons (Fsp3) is 0.652. The van der Waals surface area contributed by atoms with Crippen molar-refractivity contribution in [1.82, 2.24) is 9.21 Å². The van der Waals surface area contributed by atoms with E-state index in [-0.39, 0.29) is 22.2 Å². The minimum absolute atomic E-state index is 0.141. The predicted molar refractivity (Wildman–Crippen MR) is 122 cm³/mol. The summed E-state index contributed by atoms with van der Waals surface area (Å²) in [7, 11) is -0.141. The number of carbonyl (C=O) groups excluding carboxylic acids is 1. The summed E-state index contributed by atoms with van der Waals surface area (Å²) in [5.74, 6) is 0.367. The minimum atomic E-state index is -0.227. The lowest BCUT2D eigenvalue weighted by atomic mass is 9.79. The third kappa shape index (κ3) is 4.04. The van der Waals surface area contributed by atoms with E-state index in [0.717, 1.165) is 75.2 Å². The van der Waals surface area contributed by atoms with Gasteiger partial charge >= 0.3 is 0 Å². The lowest BCUT2D eigenvalue weighted by molar-refractivity contribution is -0.140. The van der Waals surface area contributed by atoms with Crippen LogP contribution in [0.1, 0.15) is 57.4 Å². The maximum absolute atomic E-state index is 13.6. The molecule has 1 spiro atoms. The second kappa shape index (κ2) is 8.70. The molecule has 2 saturated heterocycles. The molecular weight excluding hydrogens is 404 g/mol. The lowest BCUT2D eigenvalue weighted by Crippen LogP contribution is -2.48. The highest BCUT2D eigenvalue weighted by Crippen LogP contribution is 2.47. The molecular formula is C23H33ClN2O2S. The number of hydrogen-bond acceptors (Lipinski definition) is 3. The van der Waals surface area contributed by atoms with Crippen molar-refractivity contribution in [2.75, 3.05) is 19.6 Å². The summed E-state index contributed by atoms with van der Waals surface area (Å²) in [5.41, 5.74) is 0.921. The molecule has 0 aromatic heterocycles. The molecule has 2 aliphatic heterocycles. The largest absolute Gasteiger partial charge is 0.393 e. The molecule has 2 heterocycles. The molecule has 0 bridgehead atoms. The number of aliphatic hydroxyl groups excluding tert-OH is 1. The molecule has 1 aromatic rings. The first-order valence-electron chi connectivity index (χ1n) is 11.0. The van der Waals surface area contributed by atoms with Gasteiger partial charge in [-0.1, -0.05) is 28.3 Å². The van der Waals surface area contributed by atoms with Crippen molar-refractivity contribution in [3.8, 4) is 0 Å². The molecule has 1 aliphatic carbocycles. The molecule has 6 heteroatoms. The van der Waals surface area contributed by atoms with E-state index in [1.54, 1.807) is 0 Å². The summed E-state index contributed by atoms with van der Waals surface area (Å²) in [5, 5.41) is 12.9. The van der Waals surface area contributed by atoms with E-state index in [4.69, 9.17) is 11.6 Å². The SMILES string of the molecule is C/C=S(\c1cccc(Cl)c1C)N1CCCC2(CCN(C3CCC(O)CC3)C2=O)C1. The smallest absolute Gasteiger partial charge is 0.230 e. The van der Waals surface area contributed by atoms with Crippen LogP contribution in [-0.4, -0.2) is 57.4 Å². The Morgan fingerprint density at radius 1 is 1.21 bits per heavy atom. The number of piperidine rings is 1. The van der Waals surface area contributed by atoms with Gasteiger partial charge in [0.05, 0.1) is 11.5 Å². The van der Waals surface area contributed by atoms with Crippen molar-refractivity contribution >= 4 is 33.5 Å². The second-order valence-electron chi connectivity index (χ2n) is 8.87. The zero-order valence-electron chi connectivity index (χ0n) is 17.6. The van der Waals surface area contributed by atoms with Crippen LogP contribution in [0.4, 0.5) is 0 Å². The molecule has 2 unspecified atom stereocenters. The Hall–Kier alpha value is -0.880. The van der Waals surface area contributed by atoms with Gasteiger partial charge in [0.1, 0.15) is 0 Å². The Bertz CT molecular complexity index is 806. The number of amides is 1. The highest BCUT2D eigenvalue weighted by molar-refractivity contribution is 8.13. The maximum atomic E-state index is 13.6. The fourth-order valence-electron chi connectivity index (χ4n) is 5.43. The van der Waals surface area contributed by atoms with E-state index in [2.05, 4.69) is 34.5 Å². The van der Waals surface area contributed by atoms with Crippen molar-refractivity contribution in [1.29, 1.82) is 0 Å². The van der Waals surface area contributed by atoms with Gasteiger partial charge in [-0.3, -0.25) is 9.10 Å². The number of hydrogen-bond donors (Lipinski definition) is 1. The molecule has 3 aliphatic rings. The number of carbonyl (C=O) groups is 1. The Morgan fingerprint density at radius 2 is 1.97 bits per heavy atom. The van der Waals surface area contributed by atoms with Crippen molar-refractivity contribution in [2.24, 2.45) is 5.41 Å². The first-order valence-corrected chi connectivity index (χ1v) is 12.6. The average molecular weight is 437 g/mol. The van der Waals surface area contributed by atoms with Gasteiger partial charge in [-0.25, -0.2) is 0 Å². The standard InChI is InChI=1S/C23H33ClN2O2S/c1-3-29(21-7-4-6-20(24)17(21)2)25-14-5-12-23(16-25)13-15-26(22(23)28)18-8-10-19(27)11-9-18/h3-4,6-7,18-19,27H,5,8-16H2,1-2H3. The molecule has 160 valence electrons. The van der Waals surface area contributed by atoms with Crippen LogP contribution in [0.25, 0.3) is 0 Å². The van der Waals surface area contributed by atoms with Crippen LogP contribution in [0.2, 0.25) is 5.02 Å². The van der Waals surface area contributed by atoms with E-state index in [1.807, 2.05) is 12.1 Å². The van der Waals surface area contributed by atoms with E-state index >= 15 is 0 Å². The van der Waals surface area contributed by atoms with Crippen LogP contribution in [0.5, 0.6) is 0 Å². The molecule has 4 nitrogen and oxygen atoms in total. The summed E-state index contributed by atoms with van der Waals surface area (Å²) in [4.78, 5) is 17.0. The quantitative estimate of drug-likeness (QED) is 0.702. The molecule has 1 saturated carbocycles. The summed E-state index contributed by atoms with van der Waals surface area (Å²) in [6.45, 7) is 6.98. The Balaban J connectivity index is 1.53. The van der Waals surface area contributed by atoms with Crippen molar-refractivity contribution < 1.29 is 9.90 Å². The monoisotopic (exact) mass is 436 g/mol. The Labute approximate surface area is 182 Å². The number of halogens is 1. The molecule has 29 heavy (non-hydrogen) atoms. The predicted octanol–water partition coefficient (Wildman–Crippen LogP) is 4.63. The number of aliphatic hydroxyl groups is 1. The highest BCUT2D eigenvalue weighted by Gasteiger charge is 2.51. The third-order valence-electron chi connectivity index (χ3n) is 7.14. The maximum Gasteiger partial charge on any atom is 0.230 e. The van der Waals surface area contributed by atoms with E-state index in [9.17, 15) is 9.90 Å². The van der Waals surface area contributed by atoms with Crippen molar-refractivity contribution in [2.45, 2.75) is 75.8 Å². The summed E-state index contributed by atoms with van der Waals surface area (Å²) in [6.07, 6.45) is 6.42. The minimum Gasteiger partial charge on any atom is -0.393 e. The van der Waals surface area contributed by atoms with Gasteiger partial charge in [-0.05, 0) is 81.9 Å². The van der Waals surface area contributed by atoms with Gasteiger partial charge in [-0.2, -0.15) is 0 Å². The highest BCUT2D eigenvalue weighted by atomic mass is 35.5. The van der Waals surface area contributed by atoms with Gasteiger partial charge in [0.15, 0.2) is 0 Å². The van der Waals surface area contributed by atoms with Gasteiger partial charge in [-0.15, -0.1) is 0 Å². The van der Waals surface area contributed by atoms with Gasteiger partial charge in [0.25, 0.3) is 0 Å². The topological polar surface area (TPSA) is 43.8 Å². The van der Waals surface area contributed by atoms with Crippen LogP contribution in [0.15, 0.2) is 23.1 Å². The van der Waals surface area contributed by atoms with Crippen LogP contribution < -0.4 is 0 Å². The zero-order valence-corrected chi connectivity index (χ0v) is 19.1. The number of likely N-dealkylation sites (tertiary alicyclic amines) is 1. The lowest BCUT2D eigenvalue weighted by Gasteiger charge is -2.41. The van der Waals surface area contributed by atoms with Crippen LogP contribution in [0, 0.1) is 12.3 Å². The van der Waals surface area contributed by atoms with Crippen molar-refractivity contribution in [3.63, 3.8) is 0 Å². The fourth-order valence-corrected chi connectivity index (χ4v) is 7.85. The Kier molecular flexibility index (Phi) is 6.41. The van der Waals surface area contributed by atoms with E-state index < -0.39 is 0 Å². The number of rotatable bonds is 3. The van der Waals surface area contributed by atoms with Gasteiger partial charge < -0.3 is 10.0 Å². The van der Waals surface area contributed by atoms with Crippen LogP contribution >= 0.6 is 22.3 Å². The molecule has 3 fully saturated rings. The summed E-state index contributed by atoms with van der Waals surface area (Å²) < 4.78 is 2.52. The normalized spacial score (nSPS) is 32.3. The van der Waals surface area contributed by atoms with Crippen LogP contribution in [0.3, 0.4) is 0 Å². The van der Waals surface area contributed by atoms with Crippen molar-refractivity contribution in [3.05, 3.63) is 28.8 Å². The average Bonchev–Trinajstić information content (AvgIpc) is 3.02. The van der Waals surface area contributed by atoms with Crippen LogP contribution in [-0.2, 0) is 4.79 Å². The number of benzene rings is 1. The zero-order chi connectivity index (χ0) is 20.6. The molecule has 1 aromatic carbocycles. The third-order valence-corrected chi connectivity index (χ3v) is 9.76. The summed E-state index contributed by atoms with van der Waals surface area (Å²) in [6, 6.07) is 6.50. The summed E-state index contributed by atoms with van der Waals surface area (Å²) >= 11 is 6.41. The first kappa shape index (κ1) is 21.4. The molecule has 2 atom stereocenters. The molecule has 4 rings (SSSR count).